The average molecular weight is 254 g/mol. The van der Waals surface area contributed by atoms with Crippen LogP contribution in [0.3, 0.4) is 0 Å². The van der Waals surface area contributed by atoms with Gasteiger partial charge in [0, 0.05) is 31.2 Å². The summed E-state index contributed by atoms with van der Waals surface area (Å²) in [6.07, 6.45) is 6.53. The molecule has 0 aliphatic carbocycles. The third-order valence-electron chi connectivity index (χ3n) is 4.69. The second-order valence-electron chi connectivity index (χ2n) is 6.52. The van der Waals surface area contributed by atoms with Crippen molar-refractivity contribution in [1.29, 1.82) is 0 Å². The predicted octanol–water partition coefficient (Wildman–Crippen LogP) is 3.67. The molecule has 0 aromatic carbocycles. The highest BCUT2D eigenvalue weighted by molar-refractivity contribution is 4.95. The van der Waals surface area contributed by atoms with Crippen LogP contribution in [0.4, 0.5) is 0 Å². The number of piperazine rings is 1. The first-order chi connectivity index (χ1) is 8.55. The Labute approximate surface area is 115 Å². The Bertz CT molecular complexity index is 227. The second kappa shape index (κ2) is 7.49. The molecule has 2 heteroatoms. The maximum atomic E-state index is 3.76. The minimum Gasteiger partial charge on any atom is -0.311 e. The van der Waals surface area contributed by atoms with Crippen molar-refractivity contribution < 1.29 is 0 Å². The summed E-state index contributed by atoms with van der Waals surface area (Å²) in [4.78, 5) is 2.77. The lowest BCUT2D eigenvalue weighted by molar-refractivity contribution is 0.0339. The van der Waals surface area contributed by atoms with E-state index in [1.165, 1.54) is 45.2 Å². The monoisotopic (exact) mass is 254 g/mol. The fourth-order valence-electron chi connectivity index (χ4n) is 3.17. The van der Waals surface area contributed by atoms with E-state index in [2.05, 4.69) is 44.8 Å². The molecule has 1 aliphatic rings. The van der Waals surface area contributed by atoms with Crippen LogP contribution in [0.25, 0.3) is 0 Å². The van der Waals surface area contributed by atoms with Gasteiger partial charge in [-0.1, -0.05) is 40.5 Å². The maximum Gasteiger partial charge on any atom is 0.0304 e. The average Bonchev–Trinajstić information content (AvgIpc) is 2.34. The van der Waals surface area contributed by atoms with Gasteiger partial charge in [0.2, 0.25) is 0 Å². The Kier molecular flexibility index (Phi) is 6.65. The number of rotatable bonds is 7. The molecule has 18 heavy (non-hydrogen) atoms. The molecule has 2 nitrogen and oxygen atoms in total. The lowest BCUT2D eigenvalue weighted by atomic mass is 9.89. The van der Waals surface area contributed by atoms with Gasteiger partial charge < -0.3 is 5.32 Å². The smallest absolute Gasteiger partial charge is 0.0304 e. The molecule has 1 N–H and O–H groups in total. The van der Waals surface area contributed by atoms with Crippen molar-refractivity contribution in [1.82, 2.24) is 10.2 Å². The van der Waals surface area contributed by atoms with Gasteiger partial charge in [-0.15, -0.1) is 0 Å². The molecule has 0 bridgehead atoms. The molecule has 0 amide bonds. The third-order valence-corrected chi connectivity index (χ3v) is 4.69. The molecule has 3 unspecified atom stereocenters. The van der Waals surface area contributed by atoms with E-state index in [1.807, 2.05) is 0 Å². The van der Waals surface area contributed by atoms with Crippen LogP contribution in [-0.2, 0) is 0 Å². The number of nitrogens with one attached hydrogen (secondary N) is 1. The number of nitrogens with zero attached hydrogens (tertiary/aromatic N) is 1. The Morgan fingerprint density at radius 1 is 1.28 bits per heavy atom. The van der Waals surface area contributed by atoms with Gasteiger partial charge in [-0.05, 0) is 32.1 Å². The van der Waals surface area contributed by atoms with E-state index in [0.29, 0.717) is 11.6 Å². The summed E-state index contributed by atoms with van der Waals surface area (Å²) in [7, 11) is 0. The van der Waals surface area contributed by atoms with Gasteiger partial charge >= 0.3 is 0 Å². The first-order valence-corrected chi connectivity index (χ1v) is 8.04. The molecular formula is C16H34N2. The molecular weight excluding hydrogens is 220 g/mol. The van der Waals surface area contributed by atoms with Crippen molar-refractivity contribution in [3.05, 3.63) is 0 Å². The van der Waals surface area contributed by atoms with Crippen molar-refractivity contribution in [2.45, 2.75) is 78.3 Å². The highest BCUT2D eigenvalue weighted by atomic mass is 15.3. The summed E-state index contributed by atoms with van der Waals surface area (Å²) in [5, 5.41) is 3.76. The molecule has 0 aromatic rings. The molecule has 3 atom stereocenters. The van der Waals surface area contributed by atoms with Crippen LogP contribution < -0.4 is 5.32 Å². The topological polar surface area (TPSA) is 15.3 Å². The first kappa shape index (κ1) is 16.0. The summed E-state index contributed by atoms with van der Waals surface area (Å²) in [5.41, 5.74) is 0.367. The van der Waals surface area contributed by atoms with E-state index in [-0.39, 0.29) is 0 Å². The van der Waals surface area contributed by atoms with Crippen molar-refractivity contribution in [2.75, 3.05) is 19.6 Å². The van der Waals surface area contributed by atoms with E-state index in [4.69, 9.17) is 0 Å². The molecule has 0 spiro atoms. The van der Waals surface area contributed by atoms with Crippen molar-refractivity contribution >= 4 is 0 Å². The third kappa shape index (κ3) is 4.24. The molecule has 0 saturated carbocycles. The van der Waals surface area contributed by atoms with E-state index in [1.54, 1.807) is 0 Å². The standard InChI is InChI=1S/C16H34N2/c1-6-9-14(4)11-18-12-15(10-7-2)17-13-16(18,5)8-3/h14-15,17H,6-13H2,1-5H3. The highest BCUT2D eigenvalue weighted by Gasteiger charge is 2.36. The van der Waals surface area contributed by atoms with Crippen LogP contribution in [0, 0.1) is 5.92 Å². The van der Waals surface area contributed by atoms with Crippen molar-refractivity contribution in [3.8, 4) is 0 Å². The van der Waals surface area contributed by atoms with Gasteiger partial charge in [0.15, 0.2) is 0 Å². The maximum absolute atomic E-state index is 3.76. The van der Waals surface area contributed by atoms with E-state index in [0.717, 1.165) is 12.5 Å². The van der Waals surface area contributed by atoms with Gasteiger partial charge in [-0.3, -0.25) is 4.90 Å². The molecule has 1 aliphatic heterocycles. The van der Waals surface area contributed by atoms with Crippen molar-refractivity contribution in [2.24, 2.45) is 5.92 Å². The lowest BCUT2D eigenvalue weighted by Crippen LogP contribution is -2.63. The predicted molar refractivity (Wildman–Crippen MR) is 81.0 cm³/mol. The highest BCUT2D eigenvalue weighted by Crippen LogP contribution is 2.25. The zero-order valence-corrected chi connectivity index (χ0v) is 13.3. The quantitative estimate of drug-likeness (QED) is 0.746. The van der Waals surface area contributed by atoms with E-state index in [9.17, 15) is 0 Å². The van der Waals surface area contributed by atoms with Gasteiger partial charge in [0.05, 0.1) is 0 Å². The minimum atomic E-state index is 0.367. The Morgan fingerprint density at radius 2 is 2.00 bits per heavy atom. The van der Waals surface area contributed by atoms with Crippen LogP contribution in [-0.4, -0.2) is 36.1 Å². The normalized spacial score (nSPS) is 31.5. The van der Waals surface area contributed by atoms with E-state index < -0.39 is 0 Å². The fourth-order valence-corrected chi connectivity index (χ4v) is 3.17. The Morgan fingerprint density at radius 3 is 2.56 bits per heavy atom. The summed E-state index contributed by atoms with van der Waals surface area (Å²) in [6.45, 7) is 15.4. The minimum absolute atomic E-state index is 0.367. The van der Waals surface area contributed by atoms with E-state index >= 15 is 0 Å². The Hall–Kier alpha value is -0.0800. The summed E-state index contributed by atoms with van der Waals surface area (Å²) < 4.78 is 0. The van der Waals surface area contributed by atoms with Crippen LogP contribution in [0.1, 0.15) is 66.7 Å². The van der Waals surface area contributed by atoms with Crippen LogP contribution >= 0.6 is 0 Å². The van der Waals surface area contributed by atoms with Crippen LogP contribution in [0.15, 0.2) is 0 Å². The second-order valence-corrected chi connectivity index (χ2v) is 6.52. The molecule has 1 saturated heterocycles. The summed E-state index contributed by atoms with van der Waals surface area (Å²) >= 11 is 0. The molecule has 1 rings (SSSR count). The molecule has 0 radical (unpaired) electrons. The van der Waals surface area contributed by atoms with Gasteiger partial charge in [0.1, 0.15) is 0 Å². The van der Waals surface area contributed by atoms with Crippen LogP contribution in [0.5, 0.6) is 0 Å². The zero-order chi connectivity index (χ0) is 13.6. The van der Waals surface area contributed by atoms with Crippen LogP contribution in [0.2, 0.25) is 0 Å². The fraction of sp³-hybridized carbons (Fsp3) is 1.00. The van der Waals surface area contributed by atoms with Crippen molar-refractivity contribution in [3.63, 3.8) is 0 Å². The van der Waals surface area contributed by atoms with Gasteiger partial charge in [0.25, 0.3) is 0 Å². The lowest BCUT2D eigenvalue weighted by Gasteiger charge is -2.49. The Balaban J connectivity index is 2.60. The first-order valence-electron chi connectivity index (χ1n) is 8.04. The number of hydrogen-bond donors (Lipinski definition) is 1. The molecule has 1 heterocycles. The number of hydrogen-bond acceptors (Lipinski definition) is 2. The largest absolute Gasteiger partial charge is 0.311 e. The molecule has 108 valence electrons. The summed E-state index contributed by atoms with van der Waals surface area (Å²) in [6, 6.07) is 0.712. The SMILES string of the molecule is CCCC(C)CN1CC(CCC)NCC1(C)CC. The molecule has 1 fully saturated rings. The van der Waals surface area contributed by atoms with Gasteiger partial charge in [-0.25, -0.2) is 0 Å². The zero-order valence-electron chi connectivity index (χ0n) is 13.3. The van der Waals surface area contributed by atoms with Gasteiger partial charge in [-0.2, -0.15) is 0 Å². The molecule has 0 aromatic heterocycles. The summed E-state index contributed by atoms with van der Waals surface area (Å²) in [5.74, 6) is 0.834.